The predicted octanol–water partition coefficient (Wildman–Crippen LogP) is 13.7. The first-order valence-corrected chi connectivity index (χ1v) is 17.7. The lowest BCUT2D eigenvalue weighted by Crippen LogP contribution is -1.95. The van der Waals surface area contributed by atoms with Crippen LogP contribution >= 0.6 is 0 Å². The molecule has 0 bridgehead atoms. The number of nitrogens with zero attached hydrogens (tertiary/aromatic N) is 2. The summed E-state index contributed by atoms with van der Waals surface area (Å²) in [6.45, 7) is 39.4. The number of Topliss-reactive ketones (excluding diaryl/α,β-unsaturated/α-hetero) is 1. The Morgan fingerprint density at radius 1 is 0.783 bits per heavy atom. The van der Waals surface area contributed by atoms with Gasteiger partial charge in [0.2, 0.25) is 5.89 Å². The van der Waals surface area contributed by atoms with Crippen molar-refractivity contribution in [2.24, 2.45) is 11.8 Å². The van der Waals surface area contributed by atoms with Gasteiger partial charge in [-0.05, 0) is 60.3 Å². The average Bonchev–Trinajstić information content (AvgIpc) is 3.51. The van der Waals surface area contributed by atoms with Gasteiger partial charge >= 0.3 is 6.01 Å². The number of unbranched alkanes of at least 4 members (excludes halogenated alkanes) is 1. The third kappa shape index (κ3) is 33.9. The summed E-state index contributed by atoms with van der Waals surface area (Å²) in [5, 5.41) is 10.6. The Bertz CT molecular complexity index is 995. The Morgan fingerprint density at radius 2 is 1.24 bits per heavy atom. The number of carbonyl (C=O) groups excluding carboxylic acids is 1. The second-order valence-electron chi connectivity index (χ2n) is 12.0. The molecule has 1 heterocycles. The second-order valence-corrected chi connectivity index (χ2v) is 12.0. The summed E-state index contributed by atoms with van der Waals surface area (Å²) in [4.78, 5) is 10.8. The van der Waals surface area contributed by atoms with Crippen LogP contribution in [0.1, 0.15) is 170 Å². The highest BCUT2D eigenvalue weighted by Gasteiger charge is 2.04. The van der Waals surface area contributed by atoms with Gasteiger partial charge in [-0.25, -0.2) is 0 Å². The minimum atomic E-state index is 0.125. The van der Waals surface area contributed by atoms with E-state index in [1.165, 1.54) is 56.9 Å². The third-order valence-electron chi connectivity index (χ3n) is 7.17. The summed E-state index contributed by atoms with van der Waals surface area (Å²) in [6, 6.07) is 8.05. The topological polar surface area (TPSA) is 68.0 Å². The third-order valence-corrected chi connectivity index (χ3v) is 7.17. The van der Waals surface area contributed by atoms with Crippen LogP contribution in [0.25, 0.3) is 5.57 Å². The number of allylic oxidation sites excluding steroid dienone is 4. The molecule has 2 rings (SSSR count). The van der Waals surface area contributed by atoms with Gasteiger partial charge in [-0.15, -0.1) is 5.10 Å². The molecule has 0 atom stereocenters. The van der Waals surface area contributed by atoms with Crippen LogP contribution in [0.3, 0.4) is 0 Å². The molecule has 5 heteroatoms. The SMILES string of the molecule is C/C=C(\C)c1nnc(NCC)o1.C=C(C)C(=C)C.CC(=O)c1ccc(C)cc1.CCC(C)CC.CCCC.CCCC(C)CCC. The van der Waals surface area contributed by atoms with Gasteiger partial charge in [0.1, 0.15) is 0 Å². The number of aryl methyl sites for hydroxylation is 1. The minimum Gasteiger partial charge on any atom is -0.404 e. The first-order chi connectivity index (χ1) is 21.6. The molecule has 1 N–H and O–H groups in total. The molecule has 46 heavy (non-hydrogen) atoms. The van der Waals surface area contributed by atoms with Gasteiger partial charge in [0.25, 0.3) is 0 Å². The lowest BCUT2D eigenvalue weighted by molar-refractivity contribution is 0.101. The number of nitrogens with one attached hydrogen (secondary N) is 1. The number of benzene rings is 1. The number of aromatic nitrogens is 2. The maximum Gasteiger partial charge on any atom is 0.315 e. The van der Waals surface area contributed by atoms with Crippen LogP contribution in [0, 0.1) is 18.8 Å². The van der Waals surface area contributed by atoms with E-state index in [4.69, 9.17) is 4.42 Å². The minimum absolute atomic E-state index is 0.125. The molecule has 0 unspecified atom stereocenters. The summed E-state index contributed by atoms with van der Waals surface area (Å²) in [6.07, 6.45) is 12.8. The molecule has 0 aliphatic carbocycles. The molecule has 0 aliphatic rings. The van der Waals surface area contributed by atoms with Gasteiger partial charge in [0, 0.05) is 17.7 Å². The number of anilines is 1. The fourth-order valence-corrected chi connectivity index (χ4v) is 2.94. The summed E-state index contributed by atoms with van der Waals surface area (Å²) in [7, 11) is 0. The Balaban J connectivity index is -0.000000239. The summed E-state index contributed by atoms with van der Waals surface area (Å²) < 4.78 is 5.28. The van der Waals surface area contributed by atoms with E-state index >= 15 is 0 Å². The summed E-state index contributed by atoms with van der Waals surface area (Å²) >= 11 is 0. The normalized spacial score (nSPS) is 9.89. The van der Waals surface area contributed by atoms with Crippen molar-refractivity contribution in [2.45, 2.75) is 155 Å². The highest BCUT2D eigenvalue weighted by molar-refractivity contribution is 5.93. The fourth-order valence-electron chi connectivity index (χ4n) is 2.94. The molecular formula is C41H75N3O2. The van der Waals surface area contributed by atoms with Crippen molar-refractivity contribution < 1.29 is 9.21 Å². The van der Waals surface area contributed by atoms with Gasteiger partial charge in [-0.1, -0.05) is 172 Å². The van der Waals surface area contributed by atoms with Gasteiger partial charge < -0.3 is 9.73 Å². The molecule has 0 aliphatic heterocycles. The molecule has 0 saturated heterocycles. The molecule has 5 nitrogen and oxygen atoms in total. The highest BCUT2D eigenvalue weighted by Crippen LogP contribution is 2.14. The maximum absolute atomic E-state index is 10.8. The van der Waals surface area contributed by atoms with Crippen LogP contribution in [0.5, 0.6) is 0 Å². The number of rotatable bonds is 12. The molecular weight excluding hydrogens is 566 g/mol. The Hall–Kier alpha value is -2.95. The fraction of sp³-hybridized carbons (Fsp3) is 0.634. The largest absolute Gasteiger partial charge is 0.404 e. The van der Waals surface area contributed by atoms with Crippen LogP contribution in [-0.2, 0) is 0 Å². The van der Waals surface area contributed by atoms with Gasteiger partial charge in [-0.2, -0.15) is 0 Å². The van der Waals surface area contributed by atoms with Crippen LogP contribution in [0.2, 0.25) is 0 Å². The van der Waals surface area contributed by atoms with E-state index in [1.54, 1.807) is 6.92 Å². The maximum atomic E-state index is 10.8. The van der Waals surface area contributed by atoms with E-state index < -0.39 is 0 Å². The van der Waals surface area contributed by atoms with Crippen LogP contribution in [-0.4, -0.2) is 22.5 Å². The molecule has 0 saturated carbocycles. The smallest absolute Gasteiger partial charge is 0.315 e. The van der Waals surface area contributed by atoms with Crippen molar-refractivity contribution >= 4 is 17.4 Å². The zero-order valence-electron chi connectivity index (χ0n) is 33.0. The number of ketones is 1. The van der Waals surface area contributed by atoms with Crippen molar-refractivity contribution in [3.63, 3.8) is 0 Å². The average molecular weight is 642 g/mol. The van der Waals surface area contributed by atoms with Crippen molar-refractivity contribution in [3.05, 3.63) is 71.7 Å². The van der Waals surface area contributed by atoms with E-state index in [0.717, 1.165) is 40.7 Å². The Labute approximate surface area is 286 Å². The highest BCUT2D eigenvalue weighted by atomic mass is 16.4. The Kier molecular flexibility index (Phi) is 37.9. The van der Waals surface area contributed by atoms with E-state index in [2.05, 4.69) is 84.1 Å². The van der Waals surface area contributed by atoms with E-state index in [0.29, 0.717) is 11.9 Å². The van der Waals surface area contributed by atoms with Gasteiger partial charge in [0.05, 0.1) is 0 Å². The van der Waals surface area contributed by atoms with E-state index in [1.807, 2.05) is 71.9 Å². The van der Waals surface area contributed by atoms with E-state index in [-0.39, 0.29) is 5.78 Å². The molecule has 0 fully saturated rings. The second kappa shape index (κ2) is 34.9. The predicted molar refractivity (Wildman–Crippen MR) is 208 cm³/mol. The molecule has 1 aromatic carbocycles. The number of hydrogen-bond donors (Lipinski definition) is 1. The zero-order valence-corrected chi connectivity index (χ0v) is 33.0. The van der Waals surface area contributed by atoms with Crippen molar-refractivity contribution in [1.82, 2.24) is 10.2 Å². The first kappa shape index (κ1) is 49.9. The molecule has 2 aromatic rings. The molecule has 0 amide bonds. The van der Waals surface area contributed by atoms with Crippen molar-refractivity contribution in [1.29, 1.82) is 0 Å². The summed E-state index contributed by atoms with van der Waals surface area (Å²) in [5.74, 6) is 2.60. The van der Waals surface area contributed by atoms with Gasteiger partial charge in [-0.3, -0.25) is 4.79 Å². The number of carbonyl (C=O) groups is 1. The van der Waals surface area contributed by atoms with E-state index in [9.17, 15) is 4.79 Å². The quantitative estimate of drug-likeness (QED) is 0.184. The van der Waals surface area contributed by atoms with Crippen LogP contribution in [0.15, 0.2) is 59.1 Å². The molecule has 1 aromatic heterocycles. The monoisotopic (exact) mass is 642 g/mol. The molecule has 266 valence electrons. The van der Waals surface area contributed by atoms with Crippen molar-refractivity contribution in [3.8, 4) is 0 Å². The van der Waals surface area contributed by atoms with Crippen LogP contribution < -0.4 is 5.32 Å². The molecule has 0 radical (unpaired) electrons. The van der Waals surface area contributed by atoms with Gasteiger partial charge in [0.15, 0.2) is 5.78 Å². The zero-order chi connectivity index (χ0) is 36.5. The first-order valence-electron chi connectivity index (χ1n) is 17.7. The molecule has 0 spiro atoms. The van der Waals surface area contributed by atoms with Crippen LogP contribution in [0.4, 0.5) is 6.01 Å². The standard InChI is InChI=1S/C9H10O.C8H13N3O.C8H18.C6H10.C6H14.C4H10/c1-7-3-5-9(6-4-7)8(2)10;1-4-6(3)7-10-11-8(12-7)9-5-2;1-4-6-8(3)7-5-2;1-5(2)6(3)4;1-4-6(3)5-2;1-3-4-2/h3-6H,1-2H3;4H,5H2,1-3H3,(H,9,11);8H,4-7H2,1-3H3;1,3H2,2,4H3;6H,4-5H2,1-3H3;3-4H2,1-2H3/b;6-4+;;;;. The Morgan fingerprint density at radius 3 is 1.52 bits per heavy atom. The lowest BCUT2D eigenvalue weighted by atomic mass is 10.0. The number of hydrogen-bond acceptors (Lipinski definition) is 5. The summed E-state index contributed by atoms with van der Waals surface area (Å²) in [5.41, 5.74) is 5.09. The van der Waals surface area contributed by atoms with Crippen molar-refractivity contribution in [2.75, 3.05) is 11.9 Å². The lowest BCUT2D eigenvalue weighted by Gasteiger charge is -2.05.